The molecule has 4 aliphatic heterocycles. The molecule has 5 unspecified atom stereocenters. The maximum absolute atomic E-state index is 14.3. The third-order valence-corrected chi connectivity index (χ3v) is 14.5. The number of allylic oxidation sites excluding steroid dienone is 12. The van der Waals surface area contributed by atoms with Gasteiger partial charge in [0.05, 0.1) is 91.6 Å². The second-order valence-corrected chi connectivity index (χ2v) is 20.7. The maximum Gasteiger partial charge on any atom is 0.308 e. The van der Waals surface area contributed by atoms with Crippen LogP contribution in [0.1, 0.15) is 92.4 Å². The summed E-state index contributed by atoms with van der Waals surface area (Å²) in [5, 5.41) is 145. The van der Waals surface area contributed by atoms with Crippen molar-refractivity contribution in [3.8, 4) is 0 Å². The highest BCUT2D eigenvalue weighted by atomic mass is 16.7. The van der Waals surface area contributed by atoms with Crippen LogP contribution in [0.4, 0.5) is 0 Å². The Morgan fingerprint density at radius 2 is 1.25 bits per heavy atom. The highest BCUT2D eigenvalue weighted by Gasteiger charge is 2.53. The smallest absolute Gasteiger partial charge is 0.308 e. The number of carbonyl (C=O) groups excluding carboxylic acids is 2. The molecule has 432 valence electrons. The van der Waals surface area contributed by atoms with Crippen molar-refractivity contribution in [1.82, 2.24) is 5.32 Å². The number of nitrogens with one attached hydrogen (secondary N) is 1. The summed E-state index contributed by atoms with van der Waals surface area (Å²) in [5.41, 5.74) is 6.11. The third-order valence-electron chi connectivity index (χ3n) is 14.5. The van der Waals surface area contributed by atoms with Crippen LogP contribution in [-0.4, -0.2) is 206 Å². The Hall–Kier alpha value is -3.60. The van der Waals surface area contributed by atoms with Gasteiger partial charge in [-0.25, -0.2) is 0 Å². The molecular weight excluding hydrogens is 997 g/mol. The van der Waals surface area contributed by atoms with Crippen molar-refractivity contribution < 1.29 is 99.7 Å². The minimum atomic E-state index is -2.43. The fourth-order valence-electron chi connectivity index (χ4n) is 9.69. The van der Waals surface area contributed by atoms with Crippen LogP contribution < -0.4 is 11.1 Å². The highest BCUT2D eigenvalue weighted by molar-refractivity contribution is 5.80. The summed E-state index contributed by atoms with van der Waals surface area (Å²) in [6.45, 7) is 8.36. The van der Waals surface area contributed by atoms with E-state index in [2.05, 4.69) is 5.32 Å². The summed E-state index contributed by atoms with van der Waals surface area (Å²) < 4.78 is 29.1. The average molecular weight is 1080 g/mol. The summed E-state index contributed by atoms with van der Waals surface area (Å²) >= 11 is 0. The van der Waals surface area contributed by atoms with Crippen LogP contribution in [0.15, 0.2) is 85.1 Å². The molecule has 2 bridgehead atoms. The molecule has 3 fully saturated rings. The fraction of sp³-hybridized carbons (Fsp3) is 0.704. The van der Waals surface area contributed by atoms with Crippen LogP contribution >= 0.6 is 0 Å². The van der Waals surface area contributed by atoms with Gasteiger partial charge in [0, 0.05) is 37.5 Å². The highest BCUT2D eigenvalue weighted by Crippen LogP contribution is 2.39. The Morgan fingerprint density at radius 1 is 0.658 bits per heavy atom. The van der Waals surface area contributed by atoms with Gasteiger partial charge in [-0.05, 0) is 39.5 Å². The van der Waals surface area contributed by atoms with Crippen molar-refractivity contribution in [2.75, 3.05) is 0 Å². The number of aliphatic hydroxyl groups is 13. The monoisotopic (exact) mass is 1080 g/mol. The van der Waals surface area contributed by atoms with E-state index in [1.165, 1.54) is 13.0 Å². The van der Waals surface area contributed by atoms with Gasteiger partial charge in [0.15, 0.2) is 18.4 Å². The summed E-state index contributed by atoms with van der Waals surface area (Å²) in [7, 11) is 0. The van der Waals surface area contributed by atoms with Gasteiger partial charge in [-0.15, -0.1) is 0 Å². The molecule has 0 spiro atoms. The predicted octanol–water partition coefficient (Wildman–Crippen LogP) is -1.04. The van der Waals surface area contributed by atoms with Gasteiger partial charge in [-0.2, -0.15) is 0 Å². The maximum atomic E-state index is 14.3. The number of cyclic esters (lactones) is 1. The first-order valence-corrected chi connectivity index (χ1v) is 26.3. The van der Waals surface area contributed by atoms with Gasteiger partial charge in [0.25, 0.3) is 0 Å². The Labute approximate surface area is 444 Å². The van der Waals surface area contributed by atoms with Gasteiger partial charge in [0.1, 0.15) is 30.5 Å². The molecule has 4 rings (SSSR count). The van der Waals surface area contributed by atoms with E-state index in [1.54, 1.807) is 93.7 Å². The largest absolute Gasteiger partial charge is 0.462 e. The first-order chi connectivity index (χ1) is 35.9. The average Bonchev–Trinajstić information content (AvgIpc) is 3.34. The number of esters is 1. The zero-order valence-corrected chi connectivity index (χ0v) is 44.0. The Kier molecular flexibility index (Phi) is 26.7. The number of aliphatic hydroxyl groups excluding tert-OH is 12. The van der Waals surface area contributed by atoms with Gasteiger partial charge >= 0.3 is 5.97 Å². The molecule has 0 aromatic rings. The van der Waals surface area contributed by atoms with Crippen LogP contribution in [0.5, 0.6) is 0 Å². The quantitative estimate of drug-likeness (QED) is 0.146. The van der Waals surface area contributed by atoms with Crippen LogP contribution in [0.2, 0.25) is 0 Å². The number of amides is 1. The van der Waals surface area contributed by atoms with E-state index in [-0.39, 0.29) is 31.6 Å². The molecule has 24 atom stereocenters. The molecule has 22 heteroatoms. The summed E-state index contributed by atoms with van der Waals surface area (Å²) in [6.07, 6.45) is -3.78. The SMILES string of the molecule is CC[C@H]1OC(O)[C@H](NC(=O)C2C3C[C@@H](OC4O[C@H](C)[C@@H](O)[C@H](N)[C@@H]4O)/C=C/C=C/C=C/C=C/C=C/C=C/C=C/[C@H](C)[C@@H](O)C(C)[C@H](C)OC(=O)C[C@H](O)C[C@H](O)CC[C@@H](O)[C@H](O)C[C@H](O)C[C@](O)(C[C@@H]2O)O3)[C@@H](O)[C@@H]1O. The number of carbonyl (C=O) groups is 2. The van der Waals surface area contributed by atoms with Crippen molar-refractivity contribution in [2.45, 2.75) is 221 Å². The third kappa shape index (κ3) is 19.6. The van der Waals surface area contributed by atoms with E-state index in [1.807, 2.05) is 13.0 Å². The van der Waals surface area contributed by atoms with Crippen molar-refractivity contribution >= 4 is 11.9 Å². The molecule has 4 aliphatic rings. The molecule has 16 N–H and O–H groups in total. The molecule has 22 nitrogen and oxygen atoms in total. The second kappa shape index (κ2) is 31.3. The lowest BCUT2D eigenvalue weighted by Gasteiger charge is -2.47. The van der Waals surface area contributed by atoms with Gasteiger partial charge in [-0.3, -0.25) is 9.59 Å². The van der Waals surface area contributed by atoms with E-state index in [0.717, 1.165) is 0 Å². The Morgan fingerprint density at radius 3 is 1.86 bits per heavy atom. The Balaban J connectivity index is 1.65. The molecule has 0 saturated carbocycles. The zero-order chi connectivity index (χ0) is 56.4. The lowest BCUT2D eigenvalue weighted by molar-refractivity contribution is -0.307. The van der Waals surface area contributed by atoms with Crippen molar-refractivity contribution in [1.29, 1.82) is 0 Å². The molecule has 4 heterocycles. The predicted molar refractivity (Wildman–Crippen MR) is 274 cm³/mol. The zero-order valence-electron chi connectivity index (χ0n) is 44.0. The van der Waals surface area contributed by atoms with E-state index in [4.69, 9.17) is 29.4 Å². The van der Waals surface area contributed by atoms with E-state index >= 15 is 0 Å². The number of hydrogen-bond donors (Lipinski definition) is 15. The molecule has 1 amide bonds. The van der Waals surface area contributed by atoms with Crippen LogP contribution in [-0.2, 0) is 33.3 Å². The first kappa shape index (κ1) is 64.9. The fourth-order valence-corrected chi connectivity index (χ4v) is 9.69. The van der Waals surface area contributed by atoms with Crippen molar-refractivity contribution in [2.24, 2.45) is 23.5 Å². The van der Waals surface area contributed by atoms with E-state index in [9.17, 15) is 76.0 Å². The van der Waals surface area contributed by atoms with Gasteiger partial charge < -0.3 is 101 Å². The van der Waals surface area contributed by atoms with E-state index in [0.29, 0.717) is 0 Å². The number of rotatable bonds is 5. The number of nitrogens with two attached hydrogens (primary N) is 1. The first-order valence-electron chi connectivity index (χ1n) is 26.3. The van der Waals surface area contributed by atoms with Crippen LogP contribution in [0, 0.1) is 17.8 Å². The van der Waals surface area contributed by atoms with Crippen molar-refractivity contribution in [3.63, 3.8) is 0 Å². The van der Waals surface area contributed by atoms with Gasteiger partial charge in [0.2, 0.25) is 5.91 Å². The lowest BCUT2D eigenvalue weighted by Crippen LogP contribution is -2.66. The second-order valence-electron chi connectivity index (χ2n) is 20.7. The lowest BCUT2D eigenvalue weighted by atomic mass is 9.81. The number of ether oxygens (including phenoxy) is 5. The minimum absolute atomic E-state index is 0.143. The topological polar surface area (TPSA) is 381 Å². The summed E-state index contributed by atoms with van der Waals surface area (Å²) in [5.74, 6) is -6.60. The number of hydrogen-bond acceptors (Lipinski definition) is 21. The molecule has 0 aliphatic carbocycles. The minimum Gasteiger partial charge on any atom is -0.462 e. The van der Waals surface area contributed by atoms with Crippen molar-refractivity contribution in [3.05, 3.63) is 85.1 Å². The normalized spacial score (nSPS) is 46.7. The molecule has 76 heavy (non-hydrogen) atoms. The Bertz CT molecular complexity index is 1980. The molecular formula is C54H86N2O20. The molecule has 0 radical (unpaired) electrons. The summed E-state index contributed by atoms with van der Waals surface area (Å²) in [6, 6.07) is -2.80. The molecule has 3 saturated heterocycles. The number of fused-ring (bicyclic) bond motifs is 2. The standard InChI is InChI=1S/C54H86N2O20/c1-6-40-48(66)50(68)45(52(70)75-40)56-51(69)43-39(62)28-54(71)27-35(59)24-38(61)37(60)22-21-33(57)23-34(58)25-42(63)72-31(4)30(3)46(64)29(2)19-17-15-13-11-9-7-8-10-12-14-16-18-20-36(26-41(43)76-54)74-53-49(67)44(55)47(65)32(5)73-53/h7-20,29-41,43-50,52-53,57-62,64-68,70-71H,6,21-28,55H2,1-5H3,(H,56,69)/b8-7+,11-9+,12-10+,15-13+,16-14+,19-17+,20-18+/t29-,30?,31-,32+,33+,34+,35-,36-,37+,38+,39-,40+,41?,43?,44-,45+,46+,47+,48+,49-,50+,52?,53?,54+/m0/s1. The molecule has 0 aromatic heterocycles. The van der Waals surface area contributed by atoms with Crippen LogP contribution in [0.25, 0.3) is 0 Å². The summed E-state index contributed by atoms with van der Waals surface area (Å²) in [4.78, 5) is 27.0. The molecule has 0 aromatic carbocycles. The van der Waals surface area contributed by atoms with E-state index < -0.39 is 184 Å². The van der Waals surface area contributed by atoms with Crippen LogP contribution in [0.3, 0.4) is 0 Å². The van der Waals surface area contributed by atoms with Gasteiger partial charge in [-0.1, -0.05) is 106 Å².